The number of ether oxygens (including phenoxy) is 1. The van der Waals surface area contributed by atoms with E-state index in [1.165, 1.54) is 12.1 Å². The number of fused-ring (bicyclic) bond motifs is 1. The third kappa shape index (κ3) is 3.31. The van der Waals surface area contributed by atoms with Gasteiger partial charge in [-0.1, -0.05) is 13.0 Å². The van der Waals surface area contributed by atoms with E-state index in [4.69, 9.17) is 0 Å². The van der Waals surface area contributed by atoms with Crippen molar-refractivity contribution in [2.24, 2.45) is 11.8 Å². The van der Waals surface area contributed by atoms with E-state index in [0.29, 0.717) is 0 Å². The Morgan fingerprint density at radius 1 is 1.31 bits per heavy atom. The third-order valence-corrected chi connectivity index (χ3v) is 4.77. The fourth-order valence-electron chi connectivity index (χ4n) is 3.29. The van der Waals surface area contributed by atoms with E-state index in [-0.39, 0.29) is 29.5 Å². The highest BCUT2D eigenvalue weighted by Crippen LogP contribution is 2.34. The third-order valence-electron chi connectivity index (χ3n) is 4.77. The minimum Gasteiger partial charge on any atom is -0.419 e. The van der Waals surface area contributed by atoms with Crippen molar-refractivity contribution < 1.29 is 32.3 Å². The molecule has 0 bridgehead atoms. The van der Waals surface area contributed by atoms with Crippen molar-refractivity contribution in [3.8, 4) is 5.75 Å². The average molecular weight is 370 g/mol. The van der Waals surface area contributed by atoms with Gasteiger partial charge < -0.3 is 10.1 Å². The van der Waals surface area contributed by atoms with Crippen LogP contribution in [0.15, 0.2) is 18.2 Å². The molecule has 2 aliphatic rings. The Kier molecular flexibility index (Phi) is 4.74. The van der Waals surface area contributed by atoms with E-state index in [1.54, 1.807) is 0 Å². The highest BCUT2D eigenvalue weighted by molar-refractivity contribution is 6.22. The maximum atomic E-state index is 12.7. The van der Waals surface area contributed by atoms with E-state index >= 15 is 0 Å². The summed E-state index contributed by atoms with van der Waals surface area (Å²) in [5.74, 6) is -3.96. The van der Waals surface area contributed by atoms with Crippen molar-refractivity contribution in [3.63, 3.8) is 0 Å². The Morgan fingerprint density at radius 3 is 2.69 bits per heavy atom. The van der Waals surface area contributed by atoms with Crippen molar-refractivity contribution in [1.82, 2.24) is 10.2 Å². The van der Waals surface area contributed by atoms with Crippen LogP contribution >= 0.6 is 0 Å². The molecule has 0 saturated carbocycles. The maximum Gasteiger partial charge on any atom is 0.491 e. The number of carbonyl (C=O) groups excluding carboxylic acids is 3. The number of benzene rings is 1. The van der Waals surface area contributed by atoms with Crippen molar-refractivity contribution in [2.45, 2.75) is 19.5 Å². The molecule has 1 N–H and O–H groups in total. The van der Waals surface area contributed by atoms with Gasteiger partial charge in [-0.05, 0) is 43.5 Å². The predicted molar refractivity (Wildman–Crippen MR) is 83.6 cm³/mol. The van der Waals surface area contributed by atoms with Gasteiger partial charge in [-0.2, -0.15) is 13.2 Å². The molecule has 6 nitrogen and oxygen atoms in total. The monoisotopic (exact) mass is 370 g/mol. The number of nitrogens with zero attached hydrogens (tertiary/aromatic N) is 1. The van der Waals surface area contributed by atoms with E-state index in [9.17, 15) is 27.6 Å². The number of nitrogens with one attached hydrogen (secondary N) is 1. The summed E-state index contributed by atoms with van der Waals surface area (Å²) in [6.45, 7) is 3.72. The molecule has 140 valence electrons. The van der Waals surface area contributed by atoms with Gasteiger partial charge in [0.1, 0.15) is 5.75 Å². The Bertz CT molecular complexity index is 763. The van der Waals surface area contributed by atoms with Crippen LogP contribution in [0.4, 0.5) is 13.2 Å². The van der Waals surface area contributed by atoms with Crippen LogP contribution < -0.4 is 10.1 Å². The lowest BCUT2D eigenvalue weighted by Crippen LogP contribution is -2.43. The largest absolute Gasteiger partial charge is 0.491 e. The molecule has 0 spiro atoms. The average Bonchev–Trinajstić information content (AvgIpc) is 2.82. The van der Waals surface area contributed by atoms with Crippen LogP contribution in [0.5, 0.6) is 5.75 Å². The van der Waals surface area contributed by atoms with Crippen LogP contribution in [0.1, 0.15) is 34.1 Å². The highest BCUT2D eigenvalue weighted by atomic mass is 19.4. The van der Waals surface area contributed by atoms with Crippen molar-refractivity contribution in [3.05, 3.63) is 29.3 Å². The van der Waals surface area contributed by atoms with E-state index in [0.717, 1.165) is 30.5 Å². The highest BCUT2D eigenvalue weighted by Gasteiger charge is 2.44. The fraction of sp³-hybridized carbons (Fsp3) is 0.471. The summed E-state index contributed by atoms with van der Waals surface area (Å²) < 4.78 is 41.7. The molecule has 9 heteroatoms. The number of halogens is 3. The number of amides is 2. The SMILES string of the molecule is CC1CNCCC1CN1C(=O)c2cccc(OC(=O)C(F)(F)F)c2C1=O. The number of carbonyl (C=O) groups is 3. The molecule has 1 aromatic rings. The van der Waals surface area contributed by atoms with Crippen LogP contribution in [-0.4, -0.2) is 48.5 Å². The Labute approximate surface area is 147 Å². The molecule has 0 radical (unpaired) electrons. The van der Waals surface area contributed by atoms with Gasteiger partial charge in [-0.25, -0.2) is 4.79 Å². The smallest absolute Gasteiger partial charge is 0.419 e. The first-order valence-electron chi connectivity index (χ1n) is 8.19. The molecular formula is C17H17F3N2O4. The zero-order valence-corrected chi connectivity index (χ0v) is 13.9. The fourth-order valence-corrected chi connectivity index (χ4v) is 3.29. The number of piperidine rings is 1. The first kappa shape index (κ1) is 18.4. The van der Waals surface area contributed by atoms with Gasteiger partial charge in [0.15, 0.2) is 0 Å². The predicted octanol–water partition coefficient (Wildman–Crippen LogP) is 2.00. The first-order chi connectivity index (χ1) is 12.2. The molecule has 26 heavy (non-hydrogen) atoms. The Hall–Kier alpha value is -2.42. The molecule has 1 saturated heterocycles. The van der Waals surface area contributed by atoms with Gasteiger partial charge in [0.25, 0.3) is 11.8 Å². The standard InChI is InChI=1S/C17H17F3N2O4/c1-9-7-21-6-5-10(9)8-22-14(23)11-3-2-4-12(13(11)15(22)24)26-16(25)17(18,19)20/h2-4,9-10,21H,5-8H2,1H3. The quantitative estimate of drug-likeness (QED) is 0.500. The van der Waals surface area contributed by atoms with Gasteiger partial charge in [0.2, 0.25) is 0 Å². The summed E-state index contributed by atoms with van der Waals surface area (Å²) in [4.78, 5) is 37.3. The maximum absolute atomic E-state index is 12.7. The molecule has 0 aromatic heterocycles. The van der Waals surface area contributed by atoms with Crippen molar-refractivity contribution >= 4 is 17.8 Å². The zero-order valence-electron chi connectivity index (χ0n) is 13.9. The number of hydrogen-bond acceptors (Lipinski definition) is 5. The van der Waals surface area contributed by atoms with E-state index < -0.39 is 29.7 Å². The zero-order chi connectivity index (χ0) is 19.1. The second kappa shape index (κ2) is 6.71. The van der Waals surface area contributed by atoms with Gasteiger partial charge in [-0.3, -0.25) is 14.5 Å². The van der Waals surface area contributed by atoms with Gasteiger partial charge in [0.05, 0.1) is 11.1 Å². The summed E-state index contributed by atoms with van der Waals surface area (Å²) in [6.07, 6.45) is -4.41. The molecule has 2 atom stereocenters. The summed E-state index contributed by atoms with van der Waals surface area (Å²) in [5, 5.41) is 3.22. The van der Waals surface area contributed by atoms with Gasteiger partial charge >= 0.3 is 12.1 Å². The van der Waals surface area contributed by atoms with Crippen molar-refractivity contribution in [2.75, 3.05) is 19.6 Å². The Balaban J connectivity index is 1.85. The van der Waals surface area contributed by atoms with Crippen LogP contribution in [-0.2, 0) is 4.79 Å². The molecule has 1 fully saturated rings. The minimum absolute atomic E-state index is 0.0518. The number of hydrogen-bond donors (Lipinski definition) is 1. The molecule has 0 aliphatic carbocycles. The topological polar surface area (TPSA) is 75.7 Å². The second-order valence-electron chi connectivity index (χ2n) is 6.52. The minimum atomic E-state index is -5.20. The number of alkyl halides is 3. The molecule has 2 heterocycles. The normalized spacial score (nSPS) is 23.2. The summed E-state index contributed by atoms with van der Waals surface area (Å²) >= 11 is 0. The molecule has 3 rings (SSSR count). The molecule has 1 aromatic carbocycles. The lowest BCUT2D eigenvalue weighted by atomic mass is 9.87. The lowest BCUT2D eigenvalue weighted by Gasteiger charge is -2.31. The molecule has 2 amide bonds. The summed E-state index contributed by atoms with van der Waals surface area (Å²) in [7, 11) is 0. The van der Waals surface area contributed by atoms with E-state index in [2.05, 4.69) is 10.1 Å². The number of imide groups is 1. The van der Waals surface area contributed by atoms with Gasteiger partial charge in [-0.15, -0.1) is 0 Å². The number of esters is 1. The Morgan fingerprint density at radius 2 is 2.04 bits per heavy atom. The van der Waals surface area contributed by atoms with Gasteiger partial charge in [0, 0.05) is 6.54 Å². The van der Waals surface area contributed by atoms with E-state index in [1.807, 2.05) is 6.92 Å². The molecule has 2 unspecified atom stereocenters. The van der Waals surface area contributed by atoms with Crippen LogP contribution in [0.25, 0.3) is 0 Å². The summed E-state index contributed by atoms with van der Waals surface area (Å²) in [6, 6.07) is 3.69. The number of rotatable bonds is 3. The summed E-state index contributed by atoms with van der Waals surface area (Å²) in [5.41, 5.74) is -0.347. The first-order valence-corrected chi connectivity index (χ1v) is 8.19. The van der Waals surface area contributed by atoms with Crippen LogP contribution in [0.3, 0.4) is 0 Å². The van der Waals surface area contributed by atoms with Crippen LogP contribution in [0.2, 0.25) is 0 Å². The van der Waals surface area contributed by atoms with Crippen molar-refractivity contribution in [1.29, 1.82) is 0 Å². The second-order valence-corrected chi connectivity index (χ2v) is 6.52. The van der Waals surface area contributed by atoms with Crippen LogP contribution in [0, 0.1) is 11.8 Å². The molecular weight excluding hydrogens is 353 g/mol. The molecule has 2 aliphatic heterocycles. The lowest BCUT2D eigenvalue weighted by molar-refractivity contribution is -0.189.